The maximum atomic E-state index is 6.93. The van der Waals surface area contributed by atoms with Crippen LogP contribution >= 0.6 is 0 Å². The monoisotopic (exact) mass is 899 g/mol. The molecule has 1 aliphatic heterocycles. The topological polar surface area (TPSA) is 33.5 Å². The van der Waals surface area contributed by atoms with Crippen LogP contribution in [0.5, 0.6) is 11.5 Å². The lowest BCUT2D eigenvalue weighted by atomic mass is 9.75. The van der Waals surface area contributed by atoms with Crippen molar-refractivity contribution in [2.75, 3.05) is 16.5 Å². The number of ether oxygens (including phenoxy) is 1. The molecule has 5 nitrogen and oxygen atoms in total. The fourth-order valence-electron chi connectivity index (χ4n) is 10.0. The number of pyridine rings is 1. The first-order chi connectivity index (χ1) is 32.0. The quantitative estimate of drug-likeness (QED) is 0.152. The van der Waals surface area contributed by atoms with Gasteiger partial charge in [0.25, 0.3) is 0 Å². The number of aromatic nitrogens is 2. The summed E-state index contributed by atoms with van der Waals surface area (Å²) >= 11 is 0. The average molecular weight is 899 g/mol. The van der Waals surface area contributed by atoms with Crippen LogP contribution in [0.25, 0.3) is 38.8 Å². The van der Waals surface area contributed by atoms with E-state index in [1.807, 2.05) is 6.20 Å². The van der Waals surface area contributed by atoms with Crippen LogP contribution in [0.15, 0.2) is 169 Å². The highest BCUT2D eigenvalue weighted by Crippen LogP contribution is 2.50. The van der Waals surface area contributed by atoms with Crippen molar-refractivity contribution in [3.05, 3.63) is 192 Å². The zero-order chi connectivity index (χ0) is 48.6. The summed E-state index contributed by atoms with van der Waals surface area (Å²) in [5.74, 6) is 2.45. The van der Waals surface area contributed by atoms with Gasteiger partial charge in [-0.3, -0.25) is 4.57 Å². The lowest BCUT2D eigenvalue weighted by Crippen LogP contribution is -2.32. The number of fused-ring (bicyclic) bond motifs is 3. The van der Waals surface area contributed by atoms with E-state index in [0.29, 0.717) is 6.67 Å². The van der Waals surface area contributed by atoms with Crippen LogP contribution in [-0.4, -0.2) is 16.2 Å². The number of anilines is 2. The first kappa shape index (κ1) is 46.5. The third kappa shape index (κ3) is 8.84. The minimum atomic E-state index is -0.198. The molecule has 68 heavy (non-hydrogen) atoms. The van der Waals surface area contributed by atoms with E-state index in [2.05, 4.69) is 263 Å². The van der Waals surface area contributed by atoms with Crippen molar-refractivity contribution in [1.82, 2.24) is 9.55 Å². The Morgan fingerprint density at radius 3 is 1.68 bits per heavy atom. The van der Waals surface area contributed by atoms with Gasteiger partial charge in [-0.15, -0.1) is 0 Å². The first-order valence-corrected chi connectivity index (χ1v) is 24.4. The molecule has 0 saturated carbocycles. The summed E-state index contributed by atoms with van der Waals surface area (Å²) in [5, 5.41) is 2.33. The lowest BCUT2D eigenvalue weighted by molar-refractivity contribution is 0.444. The van der Waals surface area contributed by atoms with Gasteiger partial charge in [0.1, 0.15) is 17.3 Å². The Hall–Kier alpha value is -6.59. The standard InChI is InChI=1S/C63H70N4O/c1-59(2,3)45-32-33-64-56(38-45)67-54-31-28-43(42-22-17-15-18-23-42)34-53(54)52-30-29-51(40-55(52)67)68-50-27-21-26-48(39-50)65-41-66(58(62(10,11)12)57(65)61(7,8)9)49-36-46(60(4,5)6)35-47(37-49)63(13,14)44-24-19-16-20-25-44/h15-40H,41H2,1-14H3. The minimum Gasteiger partial charge on any atom is -0.457 e. The van der Waals surface area contributed by atoms with Crippen molar-refractivity contribution >= 4 is 33.2 Å². The van der Waals surface area contributed by atoms with Crippen molar-refractivity contribution in [3.63, 3.8) is 0 Å². The summed E-state index contributed by atoms with van der Waals surface area (Å²) in [6.07, 6.45) is 1.94. The predicted octanol–water partition coefficient (Wildman–Crippen LogP) is 17.1. The molecule has 348 valence electrons. The van der Waals surface area contributed by atoms with E-state index in [9.17, 15) is 0 Å². The molecule has 0 fully saturated rings. The fourth-order valence-corrected chi connectivity index (χ4v) is 10.0. The van der Waals surface area contributed by atoms with E-state index >= 15 is 0 Å². The van der Waals surface area contributed by atoms with Crippen molar-refractivity contribution in [2.45, 2.75) is 113 Å². The molecular formula is C63H70N4O. The van der Waals surface area contributed by atoms with Gasteiger partial charge in [-0.2, -0.15) is 0 Å². The van der Waals surface area contributed by atoms with E-state index in [4.69, 9.17) is 9.72 Å². The number of allylic oxidation sites excluding steroid dienone is 2. The summed E-state index contributed by atoms with van der Waals surface area (Å²) in [7, 11) is 0. The SMILES string of the molecule is CC(C)(C)C1=C(C(C)(C)C)N(c2cc(C(C)(C)C)cc(C(C)(C)c3ccccc3)c2)CN1c1cccc(Oc2ccc3c4cc(-c5ccccc5)ccc4n(-c4cc(C(C)(C)C)ccn4)c3c2)c1. The number of benzene rings is 6. The van der Waals surface area contributed by atoms with E-state index in [0.717, 1.165) is 39.4 Å². The Morgan fingerprint density at radius 1 is 0.412 bits per heavy atom. The summed E-state index contributed by atoms with van der Waals surface area (Å²) < 4.78 is 9.23. The highest BCUT2D eigenvalue weighted by Gasteiger charge is 2.42. The van der Waals surface area contributed by atoms with Crippen molar-refractivity contribution in [3.8, 4) is 28.4 Å². The molecule has 9 rings (SSSR count). The molecule has 2 aromatic heterocycles. The molecule has 0 N–H and O–H groups in total. The van der Waals surface area contributed by atoms with Crippen LogP contribution in [0.3, 0.4) is 0 Å². The van der Waals surface area contributed by atoms with Gasteiger partial charge in [0.15, 0.2) is 0 Å². The Labute approximate surface area is 406 Å². The molecule has 0 unspecified atom stereocenters. The van der Waals surface area contributed by atoms with Gasteiger partial charge in [-0.1, -0.05) is 176 Å². The van der Waals surface area contributed by atoms with Gasteiger partial charge in [0.2, 0.25) is 0 Å². The first-order valence-electron chi connectivity index (χ1n) is 24.4. The molecular weight excluding hydrogens is 829 g/mol. The van der Waals surface area contributed by atoms with Crippen molar-refractivity contribution in [2.24, 2.45) is 10.8 Å². The molecule has 0 spiro atoms. The molecule has 0 atom stereocenters. The Balaban J connectivity index is 1.14. The highest BCUT2D eigenvalue weighted by molar-refractivity contribution is 6.10. The van der Waals surface area contributed by atoms with E-state index in [1.54, 1.807) is 0 Å². The zero-order valence-electron chi connectivity index (χ0n) is 42.9. The fraction of sp³-hybridized carbons (Fsp3) is 0.317. The average Bonchev–Trinajstić information content (AvgIpc) is 3.87. The smallest absolute Gasteiger partial charge is 0.137 e. The van der Waals surface area contributed by atoms with Crippen LogP contribution in [0.2, 0.25) is 0 Å². The van der Waals surface area contributed by atoms with E-state index in [-0.39, 0.29) is 27.1 Å². The Bertz CT molecular complexity index is 3180. The van der Waals surface area contributed by atoms with Gasteiger partial charge in [0, 0.05) is 68.1 Å². The summed E-state index contributed by atoms with van der Waals surface area (Å²) in [4.78, 5) is 10.1. The van der Waals surface area contributed by atoms with Crippen LogP contribution in [-0.2, 0) is 16.2 Å². The number of hydrogen-bond donors (Lipinski definition) is 0. The Morgan fingerprint density at radius 2 is 1.03 bits per heavy atom. The van der Waals surface area contributed by atoms with E-state index in [1.165, 1.54) is 55.8 Å². The molecule has 8 aromatic rings. The third-order valence-corrected chi connectivity index (χ3v) is 13.8. The highest BCUT2D eigenvalue weighted by atomic mass is 16.5. The van der Waals surface area contributed by atoms with Gasteiger partial charge in [-0.25, -0.2) is 4.98 Å². The Kier molecular flexibility index (Phi) is 11.5. The molecule has 3 heterocycles. The van der Waals surface area contributed by atoms with Crippen LogP contribution in [0, 0.1) is 10.8 Å². The van der Waals surface area contributed by atoms with Gasteiger partial charge < -0.3 is 14.5 Å². The van der Waals surface area contributed by atoms with E-state index < -0.39 is 0 Å². The molecule has 5 heteroatoms. The summed E-state index contributed by atoms with van der Waals surface area (Å²) in [6.45, 7) is 33.3. The zero-order valence-corrected chi connectivity index (χ0v) is 42.9. The lowest BCUT2D eigenvalue weighted by Gasteiger charge is -2.35. The molecule has 0 radical (unpaired) electrons. The number of nitrogens with zero attached hydrogens (tertiary/aromatic N) is 4. The number of rotatable bonds is 8. The molecule has 0 aliphatic carbocycles. The summed E-state index contributed by atoms with van der Waals surface area (Å²) in [5.41, 5.74) is 14.1. The van der Waals surface area contributed by atoms with Gasteiger partial charge >= 0.3 is 0 Å². The van der Waals surface area contributed by atoms with Crippen LogP contribution in [0.1, 0.15) is 119 Å². The van der Waals surface area contributed by atoms with Crippen LogP contribution < -0.4 is 14.5 Å². The molecule has 6 aromatic carbocycles. The normalized spacial score (nSPS) is 14.1. The van der Waals surface area contributed by atoms with Crippen molar-refractivity contribution < 1.29 is 4.74 Å². The predicted molar refractivity (Wildman–Crippen MR) is 289 cm³/mol. The maximum Gasteiger partial charge on any atom is 0.137 e. The van der Waals surface area contributed by atoms with Crippen LogP contribution in [0.4, 0.5) is 11.4 Å². The molecule has 0 amide bonds. The van der Waals surface area contributed by atoms with Crippen molar-refractivity contribution in [1.29, 1.82) is 0 Å². The van der Waals surface area contributed by atoms with Gasteiger partial charge in [0.05, 0.1) is 17.7 Å². The second kappa shape index (κ2) is 16.9. The third-order valence-electron chi connectivity index (χ3n) is 13.8. The van der Waals surface area contributed by atoms with Gasteiger partial charge in [-0.05, 0) is 105 Å². The molecule has 0 bridgehead atoms. The molecule has 1 aliphatic rings. The largest absolute Gasteiger partial charge is 0.457 e. The number of hydrogen-bond acceptors (Lipinski definition) is 4. The second-order valence-electron chi connectivity index (χ2n) is 23.6. The molecule has 0 saturated heterocycles. The summed E-state index contributed by atoms with van der Waals surface area (Å²) in [6, 6.07) is 55.2. The maximum absolute atomic E-state index is 6.93. The second-order valence-corrected chi connectivity index (χ2v) is 23.6. The minimum absolute atomic E-state index is 0.0308.